The van der Waals surface area contributed by atoms with Crippen molar-refractivity contribution >= 4 is 131 Å². The van der Waals surface area contributed by atoms with Crippen molar-refractivity contribution in [3.63, 3.8) is 0 Å². The van der Waals surface area contributed by atoms with Gasteiger partial charge in [0.25, 0.3) is 0 Å². The molecule has 6 aromatic heterocycles. The third-order valence-corrected chi connectivity index (χ3v) is 20.3. The van der Waals surface area contributed by atoms with Gasteiger partial charge in [0.05, 0.1) is 100 Å². The molecule has 0 saturated carbocycles. The number of aromatic nitrogens is 6. The van der Waals surface area contributed by atoms with E-state index in [-0.39, 0.29) is 16.7 Å². The van der Waals surface area contributed by atoms with Gasteiger partial charge >= 0.3 is 6.18 Å². The highest BCUT2D eigenvalue weighted by Crippen LogP contribution is 2.47. The van der Waals surface area contributed by atoms with Gasteiger partial charge in [-0.05, 0) is 121 Å². The maximum atomic E-state index is 15.1. The van der Waals surface area contributed by atoms with Crippen molar-refractivity contribution in [1.29, 1.82) is 10.5 Å². The van der Waals surface area contributed by atoms with E-state index in [2.05, 4.69) is 282 Å². The van der Waals surface area contributed by atoms with Crippen LogP contribution < -0.4 is 0 Å². The molecule has 6 heterocycles. The summed E-state index contributed by atoms with van der Waals surface area (Å²) in [6.07, 6.45) is -4.76. The zero-order valence-electron chi connectivity index (χ0n) is 52.0. The summed E-state index contributed by atoms with van der Waals surface area (Å²) in [5, 5.41) is 36.0. The molecule has 8 nitrogen and oxygen atoms in total. The fraction of sp³-hybridized carbons (Fsp3) is 0.0115. The Balaban J connectivity index is 0.930. The summed E-state index contributed by atoms with van der Waals surface area (Å²) in [7, 11) is 0. The second-order valence-corrected chi connectivity index (χ2v) is 25.3. The van der Waals surface area contributed by atoms with Crippen molar-refractivity contribution in [2.75, 3.05) is 0 Å². The Morgan fingerprint density at radius 1 is 0.224 bits per heavy atom. The summed E-state index contributed by atoms with van der Waals surface area (Å²) >= 11 is 0. The maximum Gasteiger partial charge on any atom is 0.416 e. The van der Waals surface area contributed by atoms with Crippen molar-refractivity contribution in [2.24, 2.45) is 0 Å². The van der Waals surface area contributed by atoms with Gasteiger partial charge in [0, 0.05) is 98.5 Å². The predicted molar refractivity (Wildman–Crippen MR) is 392 cm³/mol. The lowest BCUT2D eigenvalue weighted by atomic mass is 9.94. The lowest BCUT2D eigenvalue weighted by Gasteiger charge is -2.20. The van der Waals surface area contributed by atoms with E-state index in [0.717, 1.165) is 166 Å². The summed E-state index contributed by atoms with van der Waals surface area (Å²) in [5.41, 5.74) is 15.5. The Kier molecular flexibility index (Phi) is 11.6. The lowest BCUT2D eigenvalue weighted by Crippen LogP contribution is -2.07. The third kappa shape index (κ3) is 7.81. The molecule has 20 rings (SSSR count). The van der Waals surface area contributed by atoms with Crippen molar-refractivity contribution in [2.45, 2.75) is 6.18 Å². The van der Waals surface area contributed by atoms with E-state index in [9.17, 15) is 10.5 Å². The quantitative estimate of drug-likeness (QED) is 0.159. The number of rotatable bonds is 7. The summed E-state index contributed by atoms with van der Waals surface area (Å²) in [6.45, 7) is 0. The van der Waals surface area contributed by atoms with Crippen LogP contribution in [0, 0.1) is 22.7 Å². The number of benzene rings is 14. The molecule has 0 aliphatic rings. The zero-order chi connectivity index (χ0) is 65.2. The van der Waals surface area contributed by atoms with Gasteiger partial charge in [0.1, 0.15) is 6.07 Å². The van der Waals surface area contributed by atoms with Gasteiger partial charge in [0.15, 0.2) is 0 Å². The molecule has 0 atom stereocenters. The van der Waals surface area contributed by atoms with Gasteiger partial charge in [-0.2, -0.15) is 23.7 Å². The van der Waals surface area contributed by atoms with Crippen LogP contribution >= 0.6 is 0 Å². The number of hydrogen-bond acceptors (Lipinski definition) is 2. The summed E-state index contributed by atoms with van der Waals surface area (Å²) in [5.74, 6) is 0. The molecule has 0 unspecified atom stereocenters. The summed E-state index contributed by atoms with van der Waals surface area (Å²) < 4.78 is 58.7. The monoisotopic (exact) mass is 1260 g/mol. The van der Waals surface area contributed by atoms with E-state index in [4.69, 9.17) is 0 Å². The molecular weight excluding hydrogens is 1210 g/mol. The van der Waals surface area contributed by atoms with Crippen molar-refractivity contribution in [3.05, 3.63) is 314 Å². The Morgan fingerprint density at radius 2 is 0.490 bits per heavy atom. The summed E-state index contributed by atoms with van der Waals surface area (Å²) in [4.78, 5) is 0. The van der Waals surface area contributed by atoms with Crippen LogP contribution in [0.3, 0.4) is 0 Å². The molecule has 0 amide bonds. The van der Waals surface area contributed by atoms with E-state index < -0.39 is 11.7 Å². The number of fused-ring (bicyclic) bond motifs is 18. The topological polar surface area (TPSA) is 77.2 Å². The fourth-order valence-electron chi connectivity index (χ4n) is 16.2. The second-order valence-electron chi connectivity index (χ2n) is 25.3. The lowest BCUT2D eigenvalue weighted by molar-refractivity contribution is -0.137. The highest BCUT2D eigenvalue weighted by molar-refractivity contribution is 6.17. The molecule has 0 spiro atoms. The van der Waals surface area contributed by atoms with Crippen molar-refractivity contribution < 1.29 is 13.2 Å². The molecular formula is C87H49F3N8. The first-order valence-corrected chi connectivity index (χ1v) is 32.5. The number of para-hydroxylation sites is 8. The van der Waals surface area contributed by atoms with Crippen molar-refractivity contribution in [1.82, 2.24) is 27.4 Å². The Hall–Kier alpha value is -13.4. The van der Waals surface area contributed by atoms with Crippen LogP contribution in [0.2, 0.25) is 0 Å². The molecule has 0 aliphatic carbocycles. The molecule has 0 bridgehead atoms. The molecule has 14 aromatic carbocycles. The van der Waals surface area contributed by atoms with E-state index in [0.29, 0.717) is 16.9 Å². The van der Waals surface area contributed by atoms with Gasteiger partial charge < -0.3 is 27.4 Å². The smallest absolute Gasteiger partial charge is 0.309 e. The molecule has 458 valence electrons. The third-order valence-electron chi connectivity index (χ3n) is 20.3. The van der Waals surface area contributed by atoms with Crippen LogP contribution in [0.5, 0.6) is 0 Å². The normalized spacial score (nSPS) is 12.2. The number of nitrogens with zero attached hydrogens (tertiary/aromatic N) is 8. The molecule has 20 aromatic rings. The highest BCUT2D eigenvalue weighted by atomic mass is 19.4. The average molecular weight is 1260 g/mol. The molecule has 11 heteroatoms. The van der Waals surface area contributed by atoms with Gasteiger partial charge in [-0.25, -0.2) is 0 Å². The van der Waals surface area contributed by atoms with Crippen LogP contribution in [0.4, 0.5) is 13.2 Å². The van der Waals surface area contributed by atoms with Crippen molar-refractivity contribution in [3.8, 4) is 57.4 Å². The number of nitriles is 2. The zero-order valence-corrected chi connectivity index (χ0v) is 52.0. The summed E-state index contributed by atoms with van der Waals surface area (Å²) in [6, 6.07) is 105. The first kappa shape index (κ1) is 55.1. The van der Waals surface area contributed by atoms with Crippen LogP contribution in [-0.4, -0.2) is 27.4 Å². The van der Waals surface area contributed by atoms with Crippen LogP contribution in [0.25, 0.3) is 176 Å². The van der Waals surface area contributed by atoms with Gasteiger partial charge in [-0.3, -0.25) is 0 Å². The van der Waals surface area contributed by atoms with E-state index in [1.165, 1.54) is 6.07 Å². The first-order chi connectivity index (χ1) is 48.2. The standard InChI is InChI=1S/C87H49F3N8/c88-87(89,90)54-33-38-59(52(43-54)50-91)72-49-81(97-83-45-55(93-73-25-9-1-17-60(73)61-18-2-10-26-74(61)93)34-39-68(83)69-40-35-56(46-84(69)97)94-75-27-11-3-19-62(75)63-20-4-12-28-76(63)94)53(51-92)44-82(72)98-85-47-57(95-77-29-13-5-21-64(77)65-22-6-14-30-78(65)95)36-41-70(85)71-42-37-58(48-86(71)98)96-79-31-15-7-23-66(79)67-24-8-16-32-80(67)96/h1-49H. The number of hydrogen-bond donors (Lipinski definition) is 0. The highest BCUT2D eigenvalue weighted by Gasteiger charge is 2.33. The number of halogens is 3. The molecule has 0 radical (unpaired) electrons. The largest absolute Gasteiger partial charge is 0.416 e. The van der Waals surface area contributed by atoms with E-state index >= 15 is 13.2 Å². The average Bonchev–Trinajstić information content (AvgIpc) is 1.54. The van der Waals surface area contributed by atoms with Gasteiger partial charge in [-0.1, -0.05) is 176 Å². The molecule has 0 fully saturated rings. The SMILES string of the molecule is N#Cc1cc(C(F)(F)F)ccc1-c1cc(-n2c3cc(-n4c5ccccc5c5ccccc54)ccc3c3ccc(-n4c5ccccc5c5ccccc54)cc32)c(C#N)cc1-n1c2cc(-n3c4ccccc4c4ccccc43)ccc2c2ccc(-n3c4ccccc4c4ccccc43)cc21. The van der Waals surface area contributed by atoms with Crippen LogP contribution in [-0.2, 0) is 6.18 Å². The minimum Gasteiger partial charge on any atom is -0.309 e. The van der Waals surface area contributed by atoms with Gasteiger partial charge in [0.2, 0.25) is 0 Å². The Labute approximate surface area is 556 Å². The van der Waals surface area contributed by atoms with Crippen LogP contribution in [0.1, 0.15) is 16.7 Å². The van der Waals surface area contributed by atoms with E-state index in [1.54, 1.807) is 0 Å². The molecule has 0 aliphatic heterocycles. The number of alkyl halides is 3. The maximum absolute atomic E-state index is 15.1. The Bertz CT molecular complexity index is 6410. The van der Waals surface area contributed by atoms with Gasteiger partial charge in [-0.15, -0.1) is 0 Å². The molecule has 0 N–H and O–H groups in total. The predicted octanol–water partition coefficient (Wildman–Crippen LogP) is 22.7. The van der Waals surface area contributed by atoms with E-state index in [1.807, 2.05) is 36.4 Å². The minimum atomic E-state index is -4.76. The Morgan fingerprint density at radius 3 is 0.765 bits per heavy atom. The molecule has 0 saturated heterocycles. The minimum absolute atomic E-state index is 0.182. The fourth-order valence-corrected chi connectivity index (χ4v) is 16.2. The van der Waals surface area contributed by atoms with Crippen LogP contribution in [0.15, 0.2) is 297 Å². The molecule has 98 heavy (non-hydrogen) atoms. The second kappa shape index (κ2) is 20.6. The first-order valence-electron chi connectivity index (χ1n) is 32.5.